The molecule has 0 atom stereocenters. The summed E-state index contributed by atoms with van der Waals surface area (Å²) in [6.45, 7) is 3.74. The molecule has 106 valence electrons. The molecule has 1 aromatic rings. The second-order valence-electron chi connectivity index (χ2n) is 4.88. The quantitative estimate of drug-likeness (QED) is 0.687. The summed E-state index contributed by atoms with van der Waals surface area (Å²) in [5.74, 6) is 2.32. The highest BCUT2D eigenvalue weighted by atomic mass is 35.5. The number of aromatic nitrogens is 2. The van der Waals surface area contributed by atoms with Crippen LogP contribution in [0.2, 0.25) is 0 Å². The number of nitrogens with zero attached hydrogens (tertiary/aromatic N) is 3. The van der Waals surface area contributed by atoms with Crippen molar-refractivity contribution in [3.63, 3.8) is 0 Å². The Hall–Kier alpha value is -1.03. The maximum Gasteiger partial charge on any atom is 0.218 e. The Labute approximate surface area is 120 Å². The molecule has 0 aromatic carbocycles. The normalized spacial score (nSPS) is 15.1. The van der Waals surface area contributed by atoms with E-state index < -0.39 is 0 Å². The Kier molecular flexibility index (Phi) is 5.70. The molecule has 1 aromatic heterocycles. The van der Waals surface area contributed by atoms with E-state index in [0.717, 1.165) is 25.2 Å². The summed E-state index contributed by atoms with van der Waals surface area (Å²) in [6, 6.07) is 2.56. The summed E-state index contributed by atoms with van der Waals surface area (Å²) < 4.78 is 5.58. The molecule has 0 bridgehead atoms. The van der Waals surface area contributed by atoms with E-state index in [4.69, 9.17) is 16.3 Å². The van der Waals surface area contributed by atoms with Crippen LogP contribution in [-0.2, 0) is 0 Å². The SMILES string of the molecule is CCCOc1cc(N(CCCCl)C2CCC2)ncn1. The molecule has 1 heterocycles. The maximum atomic E-state index is 5.81. The van der Waals surface area contributed by atoms with Crippen LogP contribution in [0.3, 0.4) is 0 Å². The van der Waals surface area contributed by atoms with Gasteiger partial charge in [-0.25, -0.2) is 9.97 Å². The Morgan fingerprint density at radius 1 is 1.42 bits per heavy atom. The Morgan fingerprint density at radius 3 is 2.89 bits per heavy atom. The monoisotopic (exact) mass is 283 g/mol. The number of halogens is 1. The lowest BCUT2D eigenvalue weighted by Crippen LogP contribution is -2.41. The van der Waals surface area contributed by atoms with Crippen molar-refractivity contribution in [1.82, 2.24) is 9.97 Å². The molecular weight excluding hydrogens is 262 g/mol. The summed E-state index contributed by atoms with van der Waals surface area (Å²) in [4.78, 5) is 10.9. The Balaban J connectivity index is 2.06. The summed E-state index contributed by atoms with van der Waals surface area (Å²) in [5, 5.41) is 0. The molecule has 2 rings (SSSR count). The first kappa shape index (κ1) is 14.4. The smallest absolute Gasteiger partial charge is 0.218 e. The van der Waals surface area contributed by atoms with Crippen LogP contribution in [0.25, 0.3) is 0 Å². The number of rotatable bonds is 8. The number of alkyl halides is 1. The molecule has 0 spiro atoms. The van der Waals surface area contributed by atoms with E-state index in [1.165, 1.54) is 19.3 Å². The molecule has 1 saturated carbocycles. The molecule has 0 unspecified atom stereocenters. The molecule has 0 saturated heterocycles. The Morgan fingerprint density at radius 2 is 2.26 bits per heavy atom. The van der Waals surface area contributed by atoms with Crippen molar-refractivity contribution in [3.8, 4) is 5.88 Å². The van der Waals surface area contributed by atoms with Gasteiger partial charge in [0.1, 0.15) is 12.1 Å². The summed E-state index contributed by atoms with van der Waals surface area (Å²) >= 11 is 5.81. The van der Waals surface area contributed by atoms with Gasteiger partial charge in [-0.2, -0.15) is 0 Å². The van der Waals surface area contributed by atoms with Crippen molar-refractivity contribution in [2.24, 2.45) is 0 Å². The second-order valence-corrected chi connectivity index (χ2v) is 5.26. The molecule has 5 heteroatoms. The van der Waals surface area contributed by atoms with Gasteiger partial charge in [-0.1, -0.05) is 6.92 Å². The van der Waals surface area contributed by atoms with Crippen LogP contribution < -0.4 is 9.64 Å². The fourth-order valence-corrected chi connectivity index (χ4v) is 2.30. The van der Waals surface area contributed by atoms with E-state index in [2.05, 4.69) is 21.8 Å². The molecule has 1 fully saturated rings. The standard InChI is InChI=1S/C14H22ClN3O/c1-2-9-19-14-10-13(16-11-17-14)18(8-4-7-15)12-5-3-6-12/h10-12H,2-9H2,1H3. The topological polar surface area (TPSA) is 38.2 Å². The number of ether oxygens (including phenoxy) is 1. The predicted octanol–water partition coefficient (Wildman–Crippen LogP) is 3.25. The lowest BCUT2D eigenvalue weighted by molar-refractivity contribution is 0.304. The molecular formula is C14H22ClN3O. The summed E-state index contributed by atoms with van der Waals surface area (Å²) in [7, 11) is 0. The Bertz CT molecular complexity index is 385. The van der Waals surface area contributed by atoms with Gasteiger partial charge in [-0.05, 0) is 32.1 Å². The second kappa shape index (κ2) is 7.53. The van der Waals surface area contributed by atoms with Crippen molar-refractivity contribution in [3.05, 3.63) is 12.4 Å². The van der Waals surface area contributed by atoms with Crippen molar-refractivity contribution >= 4 is 17.4 Å². The lowest BCUT2D eigenvalue weighted by atomic mass is 9.91. The van der Waals surface area contributed by atoms with Crippen molar-refractivity contribution < 1.29 is 4.74 Å². The van der Waals surface area contributed by atoms with E-state index >= 15 is 0 Å². The molecule has 1 aliphatic carbocycles. The van der Waals surface area contributed by atoms with Gasteiger partial charge in [0.25, 0.3) is 0 Å². The predicted molar refractivity (Wildman–Crippen MR) is 78.1 cm³/mol. The first-order valence-corrected chi connectivity index (χ1v) is 7.66. The number of anilines is 1. The van der Waals surface area contributed by atoms with Gasteiger partial charge < -0.3 is 9.64 Å². The number of hydrogen-bond acceptors (Lipinski definition) is 4. The molecule has 4 nitrogen and oxygen atoms in total. The minimum Gasteiger partial charge on any atom is -0.478 e. The third kappa shape index (κ3) is 3.96. The zero-order valence-corrected chi connectivity index (χ0v) is 12.3. The molecule has 19 heavy (non-hydrogen) atoms. The van der Waals surface area contributed by atoms with Crippen LogP contribution in [0.4, 0.5) is 5.82 Å². The highest BCUT2D eigenvalue weighted by Gasteiger charge is 2.25. The molecule has 1 aliphatic rings. The first-order valence-electron chi connectivity index (χ1n) is 7.12. The van der Waals surface area contributed by atoms with Crippen LogP contribution >= 0.6 is 11.6 Å². The van der Waals surface area contributed by atoms with E-state index in [1.807, 2.05) is 6.07 Å². The minimum absolute atomic E-state index is 0.608. The highest BCUT2D eigenvalue weighted by Crippen LogP contribution is 2.29. The van der Waals surface area contributed by atoms with Crippen LogP contribution in [0.1, 0.15) is 39.0 Å². The molecule has 0 radical (unpaired) electrons. The zero-order valence-electron chi connectivity index (χ0n) is 11.5. The van der Waals surface area contributed by atoms with Gasteiger partial charge in [-0.15, -0.1) is 11.6 Å². The van der Waals surface area contributed by atoms with Gasteiger partial charge in [0.15, 0.2) is 0 Å². The highest BCUT2D eigenvalue weighted by molar-refractivity contribution is 6.17. The third-order valence-corrected chi connectivity index (χ3v) is 3.69. The van der Waals surface area contributed by atoms with Gasteiger partial charge >= 0.3 is 0 Å². The number of hydrogen-bond donors (Lipinski definition) is 0. The van der Waals surface area contributed by atoms with Crippen LogP contribution in [0.5, 0.6) is 5.88 Å². The van der Waals surface area contributed by atoms with Crippen molar-refractivity contribution in [2.45, 2.75) is 45.1 Å². The fraction of sp³-hybridized carbons (Fsp3) is 0.714. The third-order valence-electron chi connectivity index (χ3n) is 3.42. The maximum absolute atomic E-state index is 5.81. The van der Waals surface area contributed by atoms with Crippen LogP contribution in [0.15, 0.2) is 12.4 Å². The first-order chi connectivity index (χ1) is 9.35. The van der Waals surface area contributed by atoms with Crippen LogP contribution in [-0.4, -0.2) is 35.0 Å². The van der Waals surface area contributed by atoms with E-state index in [0.29, 0.717) is 24.4 Å². The molecule has 0 aliphatic heterocycles. The lowest BCUT2D eigenvalue weighted by Gasteiger charge is -2.38. The average Bonchev–Trinajstić information content (AvgIpc) is 2.39. The van der Waals surface area contributed by atoms with Crippen molar-refractivity contribution in [1.29, 1.82) is 0 Å². The van der Waals surface area contributed by atoms with E-state index in [1.54, 1.807) is 6.33 Å². The van der Waals surface area contributed by atoms with Gasteiger partial charge in [0, 0.05) is 24.5 Å². The van der Waals surface area contributed by atoms with Gasteiger partial charge in [-0.3, -0.25) is 0 Å². The van der Waals surface area contributed by atoms with Crippen molar-refractivity contribution in [2.75, 3.05) is 23.9 Å². The average molecular weight is 284 g/mol. The van der Waals surface area contributed by atoms with E-state index in [-0.39, 0.29) is 0 Å². The largest absolute Gasteiger partial charge is 0.478 e. The fourth-order valence-electron chi connectivity index (χ4n) is 2.19. The molecule has 0 amide bonds. The molecule has 0 N–H and O–H groups in total. The zero-order chi connectivity index (χ0) is 13.5. The summed E-state index contributed by atoms with van der Waals surface area (Å²) in [6.07, 6.45) is 7.36. The minimum atomic E-state index is 0.608. The van der Waals surface area contributed by atoms with E-state index in [9.17, 15) is 0 Å². The van der Waals surface area contributed by atoms with Gasteiger partial charge in [0.2, 0.25) is 5.88 Å². The van der Waals surface area contributed by atoms with Gasteiger partial charge in [0.05, 0.1) is 6.61 Å². The summed E-state index contributed by atoms with van der Waals surface area (Å²) in [5.41, 5.74) is 0. The van der Waals surface area contributed by atoms with Crippen LogP contribution in [0, 0.1) is 0 Å².